The highest BCUT2D eigenvalue weighted by atomic mass is 16.4. The zero-order valence-corrected chi connectivity index (χ0v) is 21.4. The first-order valence-electron chi connectivity index (χ1n) is 13.1. The van der Waals surface area contributed by atoms with Crippen LogP contribution in [0.25, 0.3) is 0 Å². The number of aliphatic carboxylic acids is 1. The number of hydrogen-bond donors (Lipinski definition) is 1. The van der Waals surface area contributed by atoms with E-state index in [9.17, 15) is 4.79 Å². The van der Waals surface area contributed by atoms with E-state index in [1.807, 2.05) is 0 Å². The Labute approximate surface area is 215 Å². The van der Waals surface area contributed by atoms with E-state index in [0.717, 1.165) is 32.7 Å². The van der Waals surface area contributed by atoms with Gasteiger partial charge in [0.15, 0.2) is 0 Å². The first kappa shape index (κ1) is 24.7. The fourth-order valence-electron chi connectivity index (χ4n) is 5.90. The Kier molecular flexibility index (Phi) is 7.51. The molecule has 2 aliphatic heterocycles. The Balaban J connectivity index is 1.38. The second kappa shape index (κ2) is 11.0. The smallest absolute Gasteiger partial charge is 0.304 e. The third kappa shape index (κ3) is 5.54. The Hall–Kier alpha value is -2.99. The van der Waals surface area contributed by atoms with Gasteiger partial charge in [0.25, 0.3) is 0 Å². The van der Waals surface area contributed by atoms with E-state index in [1.54, 1.807) is 0 Å². The summed E-state index contributed by atoms with van der Waals surface area (Å²) in [6, 6.07) is 29.7. The zero-order valence-electron chi connectivity index (χ0n) is 21.4. The standard InChI is InChI=1S/C31H37N3O2/c1-23-19-34(24(2)18-33(23)20-25-9-5-3-6-10-25)31(26-11-7-4-8-12-26)27-13-14-28-21-32(16-15-30(35)36)22-29(28)17-27/h3-14,17,23-24,31H,15-16,18-22H2,1-2H3,(H,35,36)/t23-,24+,31+/m1/s1. The van der Waals surface area contributed by atoms with Gasteiger partial charge in [-0.1, -0.05) is 78.9 Å². The highest BCUT2D eigenvalue weighted by Gasteiger charge is 2.35. The average Bonchev–Trinajstić information content (AvgIpc) is 3.29. The van der Waals surface area contributed by atoms with Crippen LogP contribution in [0, 0.1) is 0 Å². The van der Waals surface area contributed by atoms with Gasteiger partial charge in [-0.25, -0.2) is 0 Å². The minimum absolute atomic E-state index is 0.191. The monoisotopic (exact) mass is 483 g/mol. The fourth-order valence-corrected chi connectivity index (χ4v) is 5.90. The molecular formula is C31H37N3O2. The summed E-state index contributed by atoms with van der Waals surface area (Å²) in [7, 11) is 0. The quantitative estimate of drug-likeness (QED) is 0.480. The number of benzene rings is 3. The van der Waals surface area contributed by atoms with Gasteiger partial charge >= 0.3 is 5.97 Å². The molecule has 2 heterocycles. The van der Waals surface area contributed by atoms with Gasteiger partial charge in [0.2, 0.25) is 0 Å². The largest absolute Gasteiger partial charge is 0.481 e. The van der Waals surface area contributed by atoms with Crippen LogP contribution in [0.4, 0.5) is 0 Å². The molecule has 1 N–H and O–H groups in total. The van der Waals surface area contributed by atoms with E-state index in [-0.39, 0.29) is 12.5 Å². The molecule has 36 heavy (non-hydrogen) atoms. The van der Waals surface area contributed by atoms with Crippen LogP contribution >= 0.6 is 0 Å². The highest BCUT2D eigenvalue weighted by Crippen LogP contribution is 2.36. The summed E-state index contributed by atoms with van der Waals surface area (Å²) in [5.74, 6) is -0.731. The zero-order chi connectivity index (χ0) is 25.1. The van der Waals surface area contributed by atoms with E-state index < -0.39 is 5.97 Å². The number of rotatable bonds is 8. The minimum atomic E-state index is -0.731. The normalized spacial score (nSPS) is 21.8. The lowest BCUT2D eigenvalue weighted by Gasteiger charge is -2.47. The van der Waals surface area contributed by atoms with E-state index >= 15 is 0 Å². The Morgan fingerprint density at radius 2 is 1.56 bits per heavy atom. The van der Waals surface area contributed by atoms with E-state index in [4.69, 9.17) is 5.11 Å². The van der Waals surface area contributed by atoms with Crippen LogP contribution in [0.3, 0.4) is 0 Å². The van der Waals surface area contributed by atoms with Gasteiger partial charge in [0.1, 0.15) is 0 Å². The molecule has 3 atom stereocenters. The van der Waals surface area contributed by atoms with Gasteiger partial charge < -0.3 is 5.11 Å². The summed E-state index contributed by atoms with van der Waals surface area (Å²) in [5.41, 5.74) is 6.69. The number of fused-ring (bicyclic) bond motifs is 1. The van der Waals surface area contributed by atoms with Crippen LogP contribution in [0.2, 0.25) is 0 Å². The molecule has 5 nitrogen and oxygen atoms in total. The molecule has 188 valence electrons. The van der Waals surface area contributed by atoms with Crippen LogP contribution in [0.15, 0.2) is 78.9 Å². The molecule has 0 amide bonds. The number of nitrogens with zero attached hydrogens (tertiary/aromatic N) is 3. The second-order valence-electron chi connectivity index (χ2n) is 10.5. The lowest BCUT2D eigenvalue weighted by molar-refractivity contribution is -0.137. The van der Waals surface area contributed by atoms with Crippen molar-refractivity contribution in [2.45, 2.75) is 58.0 Å². The maximum atomic E-state index is 11.1. The number of carboxylic acids is 1. The van der Waals surface area contributed by atoms with Gasteiger partial charge in [-0.3, -0.25) is 19.5 Å². The molecule has 5 rings (SSSR count). The maximum Gasteiger partial charge on any atom is 0.304 e. The molecule has 0 bridgehead atoms. The number of carboxylic acid groups (broad SMARTS) is 1. The Morgan fingerprint density at radius 1 is 0.861 bits per heavy atom. The van der Waals surface area contributed by atoms with E-state index in [1.165, 1.54) is 27.8 Å². The topological polar surface area (TPSA) is 47.0 Å². The molecule has 1 saturated heterocycles. The van der Waals surface area contributed by atoms with E-state index in [2.05, 4.69) is 107 Å². The second-order valence-corrected chi connectivity index (χ2v) is 10.5. The van der Waals surface area contributed by atoms with Crippen molar-refractivity contribution in [3.8, 4) is 0 Å². The molecule has 0 saturated carbocycles. The van der Waals surface area contributed by atoms with Crippen molar-refractivity contribution in [1.29, 1.82) is 0 Å². The first-order chi connectivity index (χ1) is 17.5. The summed E-state index contributed by atoms with van der Waals surface area (Å²) in [6.45, 7) is 10.0. The van der Waals surface area contributed by atoms with Crippen LogP contribution in [-0.2, 0) is 24.4 Å². The van der Waals surface area contributed by atoms with Crippen LogP contribution in [0.1, 0.15) is 54.1 Å². The molecule has 0 spiro atoms. The molecule has 0 aromatic heterocycles. The highest BCUT2D eigenvalue weighted by molar-refractivity contribution is 5.66. The Bertz CT molecular complexity index is 1170. The van der Waals surface area contributed by atoms with Crippen molar-refractivity contribution in [1.82, 2.24) is 14.7 Å². The third-order valence-corrected chi connectivity index (χ3v) is 7.81. The van der Waals surface area contributed by atoms with Crippen molar-refractivity contribution >= 4 is 5.97 Å². The molecule has 3 aromatic rings. The molecule has 3 aromatic carbocycles. The minimum Gasteiger partial charge on any atom is -0.481 e. The fraction of sp³-hybridized carbons (Fsp3) is 0.387. The predicted molar refractivity (Wildman–Crippen MR) is 144 cm³/mol. The van der Waals surface area contributed by atoms with Crippen molar-refractivity contribution in [3.63, 3.8) is 0 Å². The van der Waals surface area contributed by atoms with Crippen LogP contribution in [0.5, 0.6) is 0 Å². The molecule has 5 heteroatoms. The van der Waals surface area contributed by atoms with Crippen molar-refractivity contribution in [3.05, 3.63) is 107 Å². The average molecular weight is 484 g/mol. The summed E-state index contributed by atoms with van der Waals surface area (Å²) >= 11 is 0. The van der Waals surface area contributed by atoms with Gasteiger partial charge in [0.05, 0.1) is 12.5 Å². The predicted octanol–water partition coefficient (Wildman–Crippen LogP) is 5.16. The van der Waals surface area contributed by atoms with Crippen LogP contribution < -0.4 is 0 Å². The van der Waals surface area contributed by atoms with Gasteiger partial charge in [-0.05, 0) is 41.7 Å². The molecule has 0 radical (unpaired) electrons. The van der Waals surface area contributed by atoms with E-state index in [0.29, 0.717) is 18.6 Å². The van der Waals surface area contributed by atoms with Gasteiger partial charge in [-0.15, -0.1) is 0 Å². The van der Waals surface area contributed by atoms with Crippen molar-refractivity contribution < 1.29 is 9.90 Å². The lowest BCUT2D eigenvalue weighted by Crippen LogP contribution is -2.56. The summed E-state index contributed by atoms with van der Waals surface area (Å²) in [4.78, 5) is 18.6. The number of hydrogen-bond acceptors (Lipinski definition) is 4. The van der Waals surface area contributed by atoms with Crippen molar-refractivity contribution in [2.24, 2.45) is 0 Å². The summed E-state index contributed by atoms with van der Waals surface area (Å²) in [6.07, 6.45) is 0.191. The molecule has 2 aliphatic rings. The number of piperazine rings is 1. The molecule has 0 unspecified atom stereocenters. The number of carbonyl (C=O) groups is 1. The Morgan fingerprint density at radius 3 is 2.28 bits per heavy atom. The maximum absolute atomic E-state index is 11.1. The SMILES string of the molecule is C[C@@H]1CN([C@@H](c2ccccc2)c2ccc3c(c2)CN(CCC(=O)O)C3)[C@@H](C)CN1Cc1ccccc1. The summed E-state index contributed by atoms with van der Waals surface area (Å²) in [5, 5.41) is 9.09. The lowest BCUT2D eigenvalue weighted by atomic mass is 9.91. The summed E-state index contributed by atoms with van der Waals surface area (Å²) < 4.78 is 0. The van der Waals surface area contributed by atoms with Gasteiger partial charge in [0, 0.05) is 51.4 Å². The molecule has 0 aliphatic carbocycles. The van der Waals surface area contributed by atoms with Crippen molar-refractivity contribution in [2.75, 3.05) is 19.6 Å². The van der Waals surface area contributed by atoms with Gasteiger partial charge in [-0.2, -0.15) is 0 Å². The van der Waals surface area contributed by atoms with Crippen LogP contribution in [-0.4, -0.2) is 57.5 Å². The molecule has 1 fully saturated rings. The third-order valence-electron chi connectivity index (χ3n) is 7.81. The first-order valence-corrected chi connectivity index (χ1v) is 13.1. The molecular weight excluding hydrogens is 446 g/mol.